The third-order valence-corrected chi connectivity index (χ3v) is 3.49. The van der Waals surface area contributed by atoms with Gasteiger partial charge in [0.05, 0.1) is 12.1 Å². The molecule has 1 aliphatic heterocycles. The Labute approximate surface area is 134 Å². The van der Waals surface area contributed by atoms with Crippen LogP contribution in [0.4, 0.5) is 20.4 Å². The largest absolute Gasteiger partial charge is 0.388 e. The van der Waals surface area contributed by atoms with Gasteiger partial charge in [-0.3, -0.25) is 0 Å². The average Bonchev–Trinajstić information content (AvgIpc) is 2.93. The van der Waals surface area contributed by atoms with Gasteiger partial charge in [-0.15, -0.1) is 0 Å². The molecule has 1 aromatic heterocycles. The summed E-state index contributed by atoms with van der Waals surface area (Å²) in [5.41, 5.74) is 1.41. The van der Waals surface area contributed by atoms with Gasteiger partial charge in [-0.05, 0) is 35.4 Å². The first-order valence-corrected chi connectivity index (χ1v) is 6.94. The van der Waals surface area contributed by atoms with Crippen LogP contribution in [0.5, 0.6) is 0 Å². The van der Waals surface area contributed by atoms with Crippen molar-refractivity contribution >= 4 is 28.9 Å². The molecule has 6 nitrogen and oxygen atoms in total. The highest BCUT2D eigenvalue weighted by Gasteiger charge is 2.58. The van der Waals surface area contributed by atoms with Crippen molar-refractivity contribution in [3.05, 3.63) is 48.3 Å². The number of rotatable bonds is 4. The highest BCUT2D eigenvalue weighted by molar-refractivity contribution is 6.22. The molecule has 1 atom stereocenters. The van der Waals surface area contributed by atoms with Gasteiger partial charge in [0.1, 0.15) is 0 Å². The van der Waals surface area contributed by atoms with E-state index in [0.29, 0.717) is 17.2 Å². The molecule has 1 aromatic carbocycles. The van der Waals surface area contributed by atoms with Crippen molar-refractivity contribution < 1.29 is 18.7 Å². The van der Waals surface area contributed by atoms with E-state index in [1.807, 2.05) is 0 Å². The van der Waals surface area contributed by atoms with Crippen molar-refractivity contribution in [1.29, 1.82) is 0 Å². The summed E-state index contributed by atoms with van der Waals surface area (Å²) in [6, 6.07) is 8.38. The van der Waals surface area contributed by atoms with E-state index in [1.165, 1.54) is 0 Å². The molecule has 1 unspecified atom stereocenters. The average molecular weight is 341 g/mol. The lowest BCUT2D eigenvalue weighted by molar-refractivity contribution is -0.272. The van der Waals surface area contributed by atoms with E-state index < -0.39 is 17.6 Å². The predicted molar refractivity (Wildman–Crippen MR) is 79.7 cm³/mol. The molecule has 2 heterocycles. The summed E-state index contributed by atoms with van der Waals surface area (Å²) in [4.78, 5) is 12.5. The van der Waals surface area contributed by atoms with E-state index in [1.54, 1.807) is 42.7 Å². The number of benzene rings is 1. The predicted octanol–water partition coefficient (Wildman–Crippen LogP) is 2.86. The van der Waals surface area contributed by atoms with Crippen LogP contribution < -0.4 is 5.32 Å². The van der Waals surface area contributed by atoms with Crippen LogP contribution in [0.3, 0.4) is 0 Å². The Balaban J connectivity index is 1.71. The Morgan fingerprint density at radius 2 is 1.87 bits per heavy atom. The maximum Gasteiger partial charge on any atom is 0.388 e. The molecule has 0 saturated heterocycles. The first-order chi connectivity index (χ1) is 10.9. The maximum atomic E-state index is 13.1. The lowest BCUT2D eigenvalue weighted by atomic mass is 10.0. The van der Waals surface area contributed by atoms with Crippen LogP contribution in [0.2, 0.25) is 0 Å². The fourth-order valence-corrected chi connectivity index (χ4v) is 2.07. The number of alkyl halides is 3. The summed E-state index contributed by atoms with van der Waals surface area (Å²) >= 11 is 4.84. The molecule has 120 valence electrons. The zero-order valence-corrected chi connectivity index (χ0v) is 12.3. The Kier molecular flexibility index (Phi) is 3.87. The number of oxime groups is 1. The molecule has 0 spiro atoms. The van der Waals surface area contributed by atoms with Crippen LogP contribution >= 0.6 is 11.6 Å². The van der Waals surface area contributed by atoms with E-state index in [0.717, 1.165) is 0 Å². The van der Waals surface area contributed by atoms with Gasteiger partial charge in [0.25, 0.3) is 0 Å². The highest BCUT2D eigenvalue weighted by atomic mass is 35.5. The number of aliphatic hydroxyl groups is 1. The Morgan fingerprint density at radius 1 is 1.22 bits per heavy atom. The topological polar surface area (TPSA) is 79.6 Å². The fraction of sp³-hybridized carbons (Fsp3) is 0.214. The summed E-state index contributed by atoms with van der Waals surface area (Å²) in [6.07, 6.45) is 2.68. The number of aromatic nitrogens is 2. The SMILES string of the molecule is OC1(C(F)(F)Cl)CC(c2ccc(Nc3ncccn3)cc2)=NO1. The molecule has 2 aromatic rings. The van der Waals surface area contributed by atoms with E-state index in [9.17, 15) is 13.9 Å². The maximum absolute atomic E-state index is 13.1. The molecule has 0 fully saturated rings. The molecular formula is C14H11ClF2N4O2. The molecule has 2 N–H and O–H groups in total. The van der Waals surface area contributed by atoms with Crippen LogP contribution in [0, 0.1) is 0 Å². The van der Waals surface area contributed by atoms with E-state index in [2.05, 4.69) is 25.3 Å². The molecule has 1 aliphatic rings. The molecule has 3 rings (SSSR count). The van der Waals surface area contributed by atoms with Crippen LogP contribution in [0.25, 0.3) is 0 Å². The number of anilines is 2. The van der Waals surface area contributed by atoms with Gasteiger partial charge in [0.15, 0.2) is 0 Å². The highest BCUT2D eigenvalue weighted by Crippen LogP contribution is 2.40. The molecule has 0 bridgehead atoms. The third-order valence-electron chi connectivity index (χ3n) is 3.20. The summed E-state index contributed by atoms with van der Waals surface area (Å²) < 4.78 is 26.2. The second kappa shape index (κ2) is 5.71. The van der Waals surface area contributed by atoms with Crippen molar-refractivity contribution in [2.24, 2.45) is 5.16 Å². The van der Waals surface area contributed by atoms with Gasteiger partial charge in [-0.2, -0.15) is 8.78 Å². The molecule has 0 aliphatic carbocycles. The van der Waals surface area contributed by atoms with Crippen molar-refractivity contribution in [3.8, 4) is 0 Å². The normalized spacial score (nSPS) is 20.8. The lowest BCUT2D eigenvalue weighted by Gasteiger charge is -2.23. The van der Waals surface area contributed by atoms with E-state index in [-0.39, 0.29) is 5.71 Å². The zero-order valence-electron chi connectivity index (χ0n) is 11.6. The minimum atomic E-state index is -3.94. The van der Waals surface area contributed by atoms with Gasteiger partial charge in [0.2, 0.25) is 5.95 Å². The number of halogens is 3. The summed E-state index contributed by atoms with van der Waals surface area (Å²) in [5.74, 6) is -2.41. The van der Waals surface area contributed by atoms with Crippen LogP contribution in [0.15, 0.2) is 47.9 Å². The van der Waals surface area contributed by atoms with Crippen molar-refractivity contribution in [2.75, 3.05) is 5.32 Å². The van der Waals surface area contributed by atoms with E-state index in [4.69, 9.17) is 11.6 Å². The first kappa shape index (κ1) is 15.6. The number of nitrogens with zero attached hydrogens (tertiary/aromatic N) is 3. The van der Waals surface area contributed by atoms with Gasteiger partial charge >= 0.3 is 11.2 Å². The number of hydrogen-bond donors (Lipinski definition) is 2. The third kappa shape index (κ3) is 3.22. The minimum absolute atomic E-state index is 0.176. The van der Waals surface area contributed by atoms with Crippen molar-refractivity contribution in [3.63, 3.8) is 0 Å². The summed E-state index contributed by atoms with van der Waals surface area (Å²) in [7, 11) is 0. The molecule has 9 heteroatoms. The molecule has 0 amide bonds. The van der Waals surface area contributed by atoms with Crippen molar-refractivity contribution in [1.82, 2.24) is 9.97 Å². The monoisotopic (exact) mass is 340 g/mol. The Morgan fingerprint density at radius 3 is 2.43 bits per heavy atom. The van der Waals surface area contributed by atoms with Gasteiger partial charge in [-0.25, -0.2) is 9.97 Å². The second-order valence-electron chi connectivity index (χ2n) is 4.86. The molecule has 0 radical (unpaired) electrons. The van der Waals surface area contributed by atoms with Gasteiger partial charge < -0.3 is 15.3 Å². The van der Waals surface area contributed by atoms with Gasteiger partial charge in [0, 0.05) is 18.1 Å². The summed E-state index contributed by atoms with van der Waals surface area (Å²) in [5, 5.41) is 12.2. The second-order valence-corrected chi connectivity index (χ2v) is 5.34. The molecule has 23 heavy (non-hydrogen) atoms. The smallest absolute Gasteiger partial charge is 0.351 e. The fourth-order valence-electron chi connectivity index (χ4n) is 1.97. The Hall–Kier alpha value is -2.32. The van der Waals surface area contributed by atoms with E-state index >= 15 is 0 Å². The van der Waals surface area contributed by atoms with Crippen LogP contribution in [-0.2, 0) is 4.84 Å². The van der Waals surface area contributed by atoms with Crippen molar-refractivity contribution in [2.45, 2.75) is 17.6 Å². The lowest BCUT2D eigenvalue weighted by Crippen LogP contribution is -2.44. The quantitative estimate of drug-likeness (QED) is 0.837. The zero-order chi connectivity index (χ0) is 16.5. The standard InChI is InChI=1S/C14H11ClF2N4O2/c15-14(16,17)13(22)8-11(21-23-13)9-2-4-10(5-3-9)20-12-18-6-1-7-19-12/h1-7,22H,8H2,(H,18,19,20). The first-order valence-electron chi connectivity index (χ1n) is 6.56. The summed E-state index contributed by atoms with van der Waals surface area (Å²) in [6.45, 7) is 0. The van der Waals surface area contributed by atoms with Crippen LogP contribution in [-0.4, -0.2) is 32.0 Å². The molecular weight excluding hydrogens is 330 g/mol. The number of hydrogen-bond acceptors (Lipinski definition) is 6. The molecule has 0 saturated carbocycles. The van der Waals surface area contributed by atoms with Gasteiger partial charge in [-0.1, -0.05) is 17.3 Å². The van der Waals surface area contributed by atoms with Crippen LogP contribution in [0.1, 0.15) is 12.0 Å². The minimum Gasteiger partial charge on any atom is -0.351 e. The Bertz CT molecular complexity index is 722. The number of nitrogens with one attached hydrogen (secondary N) is 1.